The highest BCUT2D eigenvalue weighted by molar-refractivity contribution is 4.72. The number of hydrogen-bond acceptors (Lipinski definition) is 1. The zero-order valence-electron chi connectivity index (χ0n) is 5.86. The zero-order valence-corrected chi connectivity index (χ0v) is 5.86. The molecule has 0 aromatic rings. The van der Waals surface area contributed by atoms with Gasteiger partial charge in [0, 0.05) is 12.5 Å². The normalized spacial score (nSPS) is 36.7. The standard InChI is InChI=1S/C7H14FN/c1-6-2-7(3-8)5-9-4-6/h6-7,9H,2-5H2,1H3. The van der Waals surface area contributed by atoms with Crippen LogP contribution in [0.5, 0.6) is 0 Å². The second-order valence-corrected chi connectivity index (χ2v) is 3.02. The molecule has 0 aromatic heterocycles. The quantitative estimate of drug-likeness (QED) is 0.564. The fraction of sp³-hybridized carbons (Fsp3) is 1.00. The molecule has 2 atom stereocenters. The first-order valence-electron chi connectivity index (χ1n) is 3.59. The smallest absolute Gasteiger partial charge is 0.0934 e. The van der Waals surface area contributed by atoms with Crippen molar-refractivity contribution in [3.8, 4) is 0 Å². The van der Waals surface area contributed by atoms with E-state index in [9.17, 15) is 4.39 Å². The predicted octanol–water partition coefficient (Wildman–Crippen LogP) is 1.20. The van der Waals surface area contributed by atoms with Crippen molar-refractivity contribution in [1.29, 1.82) is 0 Å². The van der Waals surface area contributed by atoms with Crippen molar-refractivity contribution in [2.45, 2.75) is 13.3 Å². The topological polar surface area (TPSA) is 12.0 Å². The number of rotatable bonds is 1. The molecule has 1 heterocycles. The van der Waals surface area contributed by atoms with Gasteiger partial charge in [-0.15, -0.1) is 0 Å². The van der Waals surface area contributed by atoms with Gasteiger partial charge in [-0.1, -0.05) is 6.92 Å². The largest absolute Gasteiger partial charge is 0.316 e. The van der Waals surface area contributed by atoms with E-state index in [2.05, 4.69) is 12.2 Å². The third kappa shape index (κ3) is 1.94. The van der Waals surface area contributed by atoms with Gasteiger partial charge < -0.3 is 5.32 Å². The number of halogens is 1. The molecule has 1 rings (SSSR count). The number of piperidine rings is 1. The molecule has 1 aliphatic heterocycles. The SMILES string of the molecule is CC1CNCC(CF)C1. The minimum Gasteiger partial charge on any atom is -0.316 e. The van der Waals surface area contributed by atoms with Gasteiger partial charge >= 0.3 is 0 Å². The van der Waals surface area contributed by atoms with E-state index in [4.69, 9.17) is 0 Å². The van der Waals surface area contributed by atoms with Crippen LogP contribution < -0.4 is 5.32 Å². The molecule has 1 fully saturated rings. The molecule has 0 aliphatic carbocycles. The molecule has 9 heavy (non-hydrogen) atoms. The summed E-state index contributed by atoms with van der Waals surface area (Å²) < 4.78 is 12.0. The van der Waals surface area contributed by atoms with Crippen LogP contribution in [-0.2, 0) is 0 Å². The Hall–Kier alpha value is -0.110. The Kier molecular flexibility index (Phi) is 2.46. The lowest BCUT2D eigenvalue weighted by molar-refractivity contribution is 0.250. The van der Waals surface area contributed by atoms with Crippen molar-refractivity contribution in [3.05, 3.63) is 0 Å². The predicted molar refractivity (Wildman–Crippen MR) is 36.1 cm³/mol. The molecule has 0 aromatic carbocycles. The van der Waals surface area contributed by atoms with Crippen molar-refractivity contribution < 1.29 is 4.39 Å². The maximum Gasteiger partial charge on any atom is 0.0934 e. The summed E-state index contributed by atoms with van der Waals surface area (Å²) in [4.78, 5) is 0. The van der Waals surface area contributed by atoms with Gasteiger partial charge in [0.25, 0.3) is 0 Å². The van der Waals surface area contributed by atoms with Gasteiger partial charge in [0.05, 0.1) is 6.67 Å². The molecular weight excluding hydrogens is 117 g/mol. The molecule has 0 bridgehead atoms. The minimum atomic E-state index is -0.155. The molecule has 2 heteroatoms. The Balaban J connectivity index is 2.23. The Morgan fingerprint density at radius 2 is 2.33 bits per heavy atom. The van der Waals surface area contributed by atoms with Crippen LogP contribution in [0.25, 0.3) is 0 Å². The highest BCUT2D eigenvalue weighted by Gasteiger charge is 2.17. The highest BCUT2D eigenvalue weighted by atomic mass is 19.1. The number of nitrogens with one attached hydrogen (secondary N) is 1. The van der Waals surface area contributed by atoms with E-state index >= 15 is 0 Å². The first kappa shape index (κ1) is 7.00. The van der Waals surface area contributed by atoms with Crippen LogP contribution in [-0.4, -0.2) is 19.8 Å². The molecule has 2 unspecified atom stereocenters. The summed E-state index contributed by atoms with van der Waals surface area (Å²) in [5.74, 6) is 0.952. The van der Waals surface area contributed by atoms with Gasteiger partial charge in [-0.2, -0.15) is 0 Å². The summed E-state index contributed by atoms with van der Waals surface area (Å²) in [6.07, 6.45) is 1.06. The van der Waals surface area contributed by atoms with E-state index in [-0.39, 0.29) is 12.6 Å². The first-order chi connectivity index (χ1) is 4.33. The van der Waals surface area contributed by atoms with Gasteiger partial charge in [0.1, 0.15) is 0 Å². The van der Waals surface area contributed by atoms with Crippen molar-refractivity contribution >= 4 is 0 Å². The second kappa shape index (κ2) is 3.16. The van der Waals surface area contributed by atoms with Crippen LogP contribution in [0.15, 0.2) is 0 Å². The number of hydrogen-bond donors (Lipinski definition) is 1. The van der Waals surface area contributed by atoms with Gasteiger partial charge in [-0.3, -0.25) is 4.39 Å². The van der Waals surface area contributed by atoms with Gasteiger partial charge in [-0.05, 0) is 18.9 Å². The molecule has 1 aliphatic rings. The molecule has 1 N–H and O–H groups in total. The van der Waals surface area contributed by atoms with E-state index in [0.717, 1.165) is 19.5 Å². The Morgan fingerprint density at radius 1 is 1.56 bits per heavy atom. The van der Waals surface area contributed by atoms with Crippen LogP contribution in [0.2, 0.25) is 0 Å². The van der Waals surface area contributed by atoms with Crippen molar-refractivity contribution in [2.24, 2.45) is 11.8 Å². The second-order valence-electron chi connectivity index (χ2n) is 3.02. The van der Waals surface area contributed by atoms with Crippen LogP contribution >= 0.6 is 0 Å². The van der Waals surface area contributed by atoms with Gasteiger partial charge in [0.2, 0.25) is 0 Å². The summed E-state index contributed by atoms with van der Waals surface area (Å²) in [6, 6.07) is 0. The summed E-state index contributed by atoms with van der Waals surface area (Å²) in [7, 11) is 0. The van der Waals surface area contributed by atoms with Crippen LogP contribution in [0.1, 0.15) is 13.3 Å². The number of alkyl halides is 1. The minimum absolute atomic E-state index is 0.155. The van der Waals surface area contributed by atoms with E-state index in [1.807, 2.05) is 0 Å². The average molecular weight is 131 g/mol. The van der Waals surface area contributed by atoms with Crippen LogP contribution in [0.3, 0.4) is 0 Å². The Morgan fingerprint density at radius 3 is 2.78 bits per heavy atom. The maximum absolute atomic E-state index is 12.0. The highest BCUT2D eigenvalue weighted by Crippen LogP contribution is 2.15. The lowest BCUT2D eigenvalue weighted by Crippen LogP contribution is -2.35. The lowest BCUT2D eigenvalue weighted by Gasteiger charge is -2.25. The lowest BCUT2D eigenvalue weighted by atomic mass is 9.93. The van der Waals surface area contributed by atoms with E-state index in [1.54, 1.807) is 0 Å². The van der Waals surface area contributed by atoms with E-state index < -0.39 is 0 Å². The van der Waals surface area contributed by atoms with Crippen LogP contribution in [0, 0.1) is 11.8 Å². The molecule has 0 radical (unpaired) electrons. The maximum atomic E-state index is 12.0. The fourth-order valence-electron chi connectivity index (χ4n) is 1.39. The van der Waals surface area contributed by atoms with E-state index in [0.29, 0.717) is 5.92 Å². The summed E-state index contributed by atoms with van der Waals surface area (Å²) >= 11 is 0. The Labute approximate surface area is 55.6 Å². The first-order valence-corrected chi connectivity index (χ1v) is 3.59. The fourth-order valence-corrected chi connectivity index (χ4v) is 1.39. The molecule has 0 spiro atoms. The molecular formula is C7H14FN. The third-order valence-corrected chi connectivity index (χ3v) is 1.88. The summed E-state index contributed by atoms with van der Waals surface area (Å²) in [5, 5.41) is 3.20. The van der Waals surface area contributed by atoms with Gasteiger partial charge in [-0.25, -0.2) is 0 Å². The average Bonchev–Trinajstić information content (AvgIpc) is 1.88. The van der Waals surface area contributed by atoms with Crippen molar-refractivity contribution in [2.75, 3.05) is 19.8 Å². The molecule has 0 amide bonds. The zero-order chi connectivity index (χ0) is 6.69. The molecule has 54 valence electrons. The monoisotopic (exact) mass is 131 g/mol. The molecule has 0 saturated carbocycles. The third-order valence-electron chi connectivity index (χ3n) is 1.88. The van der Waals surface area contributed by atoms with E-state index in [1.165, 1.54) is 0 Å². The molecule has 1 nitrogen and oxygen atoms in total. The van der Waals surface area contributed by atoms with Crippen molar-refractivity contribution in [3.63, 3.8) is 0 Å². The Bertz CT molecular complexity index is 85.0. The summed E-state index contributed by atoms with van der Waals surface area (Å²) in [5.41, 5.74) is 0. The van der Waals surface area contributed by atoms with Gasteiger partial charge in [0.15, 0.2) is 0 Å². The van der Waals surface area contributed by atoms with Crippen LogP contribution in [0.4, 0.5) is 4.39 Å². The summed E-state index contributed by atoms with van der Waals surface area (Å²) in [6.45, 7) is 3.95. The molecule has 1 saturated heterocycles. The van der Waals surface area contributed by atoms with Crippen molar-refractivity contribution in [1.82, 2.24) is 5.32 Å².